The van der Waals surface area contributed by atoms with Crippen LogP contribution in [-0.2, 0) is 0 Å². The van der Waals surface area contributed by atoms with Crippen LogP contribution in [0.5, 0.6) is 0 Å². The van der Waals surface area contributed by atoms with E-state index in [1.807, 2.05) is 30.5 Å². The average Bonchev–Trinajstić information content (AvgIpc) is 2.98. The number of nitrogen functional groups attached to an aromatic ring is 1. The van der Waals surface area contributed by atoms with E-state index in [-0.39, 0.29) is 11.4 Å². The summed E-state index contributed by atoms with van der Waals surface area (Å²) in [6, 6.07) is 15.0. The second-order valence-electron chi connectivity index (χ2n) is 4.34. The molecule has 0 radical (unpaired) electrons. The van der Waals surface area contributed by atoms with Crippen molar-refractivity contribution < 1.29 is 4.39 Å². The fraction of sp³-hybridized carbons (Fsp3) is 0. The zero-order valence-electron chi connectivity index (χ0n) is 11.5. The lowest BCUT2D eigenvalue weighted by Gasteiger charge is -1.94. The summed E-state index contributed by atoms with van der Waals surface area (Å²) >= 11 is 4.22. The van der Waals surface area contributed by atoms with Crippen LogP contribution in [0.4, 0.5) is 10.2 Å². The van der Waals surface area contributed by atoms with Gasteiger partial charge in [0.2, 0.25) is 0 Å². The summed E-state index contributed by atoms with van der Waals surface area (Å²) in [5.74, 6) is -0.835. The number of nitrogens with zero attached hydrogens (tertiary/aromatic N) is 2. The van der Waals surface area contributed by atoms with Gasteiger partial charge in [-0.2, -0.15) is 5.26 Å². The first-order valence-corrected chi connectivity index (χ1v) is 6.79. The Bertz CT molecular complexity index is 793. The molecule has 0 aliphatic carbocycles. The number of hydrogen-bond donors (Lipinski definition) is 3. The molecule has 3 aromatic rings. The first kappa shape index (κ1) is 15.6. The molecule has 0 amide bonds. The molecule has 0 unspecified atom stereocenters. The van der Waals surface area contributed by atoms with Crippen molar-refractivity contribution in [2.45, 2.75) is 4.90 Å². The number of H-pyrrole nitrogens is 1. The lowest BCUT2D eigenvalue weighted by molar-refractivity contribution is 0.626. The molecule has 0 aliphatic rings. The van der Waals surface area contributed by atoms with Crippen molar-refractivity contribution >= 4 is 18.4 Å². The Hall–Kier alpha value is -2.78. The molecule has 0 spiro atoms. The molecule has 2 heterocycles. The molecular formula is C16H13FN4S. The van der Waals surface area contributed by atoms with E-state index in [0.717, 1.165) is 16.7 Å². The smallest absolute Gasteiger partial charge is 0.166 e. The summed E-state index contributed by atoms with van der Waals surface area (Å²) in [6.45, 7) is 0. The number of thiol groups is 1. The van der Waals surface area contributed by atoms with Crippen LogP contribution in [0.15, 0.2) is 59.8 Å². The van der Waals surface area contributed by atoms with Crippen LogP contribution >= 0.6 is 12.6 Å². The third-order valence-corrected chi connectivity index (χ3v) is 3.01. The van der Waals surface area contributed by atoms with Crippen molar-refractivity contribution in [3.8, 4) is 17.3 Å². The number of nitrogens with one attached hydrogen (secondary N) is 1. The highest BCUT2D eigenvalue weighted by Gasteiger charge is 1.99. The molecule has 0 saturated heterocycles. The van der Waals surface area contributed by atoms with Crippen molar-refractivity contribution in [3.05, 3.63) is 66.2 Å². The summed E-state index contributed by atoms with van der Waals surface area (Å²) < 4.78 is 12.4. The van der Waals surface area contributed by atoms with Gasteiger partial charge in [-0.3, -0.25) is 0 Å². The molecule has 3 rings (SSSR count). The minimum Gasteiger partial charge on any atom is -0.381 e. The zero-order chi connectivity index (χ0) is 15.9. The molecule has 22 heavy (non-hydrogen) atoms. The maximum atomic E-state index is 12.4. The van der Waals surface area contributed by atoms with E-state index >= 15 is 0 Å². The Kier molecular flexibility index (Phi) is 5.17. The fourth-order valence-electron chi connectivity index (χ4n) is 1.68. The predicted octanol–water partition coefficient (Wildman–Crippen LogP) is 3.64. The number of pyridine rings is 1. The summed E-state index contributed by atoms with van der Waals surface area (Å²) in [5, 5.41) is 8.26. The Morgan fingerprint density at radius 3 is 2.50 bits per heavy atom. The predicted molar refractivity (Wildman–Crippen MR) is 86.8 cm³/mol. The minimum absolute atomic E-state index is 0.173. The van der Waals surface area contributed by atoms with Gasteiger partial charge in [0.15, 0.2) is 11.6 Å². The van der Waals surface area contributed by atoms with Gasteiger partial charge in [-0.05, 0) is 17.7 Å². The van der Waals surface area contributed by atoms with Crippen molar-refractivity contribution in [2.24, 2.45) is 0 Å². The molecule has 110 valence electrons. The Balaban J connectivity index is 0.000000164. The topological polar surface area (TPSA) is 78.5 Å². The van der Waals surface area contributed by atoms with Crippen LogP contribution in [0, 0.1) is 17.1 Å². The van der Waals surface area contributed by atoms with E-state index in [9.17, 15) is 4.39 Å². The van der Waals surface area contributed by atoms with E-state index < -0.39 is 5.82 Å². The number of rotatable bonds is 1. The minimum atomic E-state index is -0.654. The summed E-state index contributed by atoms with van der Waals surface area (Å²) in [5.41, 5.74) is 7.52. The van der Waals surface area contributed by atoms with Gasteiger partial charge < -0.3 is 10.7 Å². The molecule has 0 fully saturated rings. The first-order chi connectivity index (χ1) is 10.6. The molecule has 0 saturated carbocycles. The Morgan fingerprint density at radius 1 is 1.23 bits per heavy atom. The maximum Gasteiger partial charge on any atom is 0.166 e. The second-order valence-corrected chi connectivity index (χ2v) is 4.86. The summed E-state index contributed by atoms with van der Waals surface area (Å²) in [7, 11) is 0. The van der Waals surface area contributed by atoms with Gasteiger partial charge in [0, 0.05) is 23.0 Å². The Morgan fingerprint density at radius 2 is 1.95 bits per heavy atom. The van der Waals surface area contributed by atoms with Gasteiger partial charge in [0.1, 0.15) is 6.07 Å². The molecule has 4 nitrogen and oxygen atoms in total. The molecule has 2 aromatic heterocycles. The van der Waals surface area contributed by atoms with Crippen LogP contribution in [0.2, 0.25) is 0 Å². The number of hydrogen-bond acceptors (Lipinski definition) is 4. The summed E-state index contributed by atoms with van der Waals surface area (Å²) in [4.78, 5) is 7.54. The zero-order valence-corrected chi connectivity index (χ0v) is 12.4. The second kappa shape index (κ2) is 7.29. The number of aromatic nitrogens is 2. The SMILES string of the molecule is N#Cc1cnc(N)c(F)c1.Sc1c[nH]c(-c2ccccc2)c1. The van der Waals surface area contributed by atoms with Gasteiger partial charge in [0.05, 0.1) is 5.56 Å². The maximum absolute atomic E-state index is 12.4. The molecule has 3 N–H and O–H groups in total. The molecule has 1 aromatic carbocycles. The molecule has 6 heteroatoms. The van der Waals surface area contributed by atoms with Crippen LogP contribution in [0.25, 0.3) is 11.3 Å². The lowest BCUT2D eigenvalue weighted by Crippen LogP contribution is -1.94. The number of nitrogens with two attached hydrogens (primary N) is 1. The van der Waals surface area contributed by atoms with Crippen LogP contribution in [0.3, 0.4) is 0 Å². The van der Waals surface area contributed by atoms with Crippen LogP contribution < -0.4 is 5.73 Å². The number of anilines is 1. The standard InChI is InChI=1S/C10H9NS.C6H4FN3/c12-9-6-10(11-7-9)8-4-2-1-3-5-8;7-5-1-4(2-8)3-10-6(5)9/h1-7,11-12H;1,3H,(H2,9,10). The van der Waals surface area contributed by atoms with Crippen LogP contribution in [0.1, 0.15) is 5.56 Å². The molecule has 0 atom stereocenters. The van der Waals surface area contributed by atoms with Crippen LogP contribution in [-0.4, -0.2) is 9.97 Å². The first-order valence-electron chi connectivity index (χ1n) is 6.34. The highest BCUT2D eigenvalue weighted by molar-refractivity contribution is 7.80. The van der Waals surface area contributed by atoms with Gasteiger partial charge >= 0.3 is 0 Å². The largest absolute Gasteiger partial charge is 0.381 e. The van der Waals surface area contributed by atoms with Gasteiger partial charge in [-0.1, -0.05) is 30.3 Å². The van der Waals surface area contributed by atoms with Crippen molar-refractivity contribution in [2.75, 3.05) is 5.73 Å². The van der Waals surface area contributed by atoms with Gasteiger partial charge in [-0.15, -0.1) is 12.6 Å². The number of nitriles is 1. The summed E-state index contributed by atoms with van der Waals surface area (Å²) in [6.07, 6.45) is 3.10. The van der Waals surface area contributed by atoms with E-state index in [1.165, 1.54) is 11.8 Å². The van der Waals surface area contributed by atoms with Crippen molar-refractivity contribution in [1.82, 2.24) is 9.97 Å². The number of aromatic amines is 1. The average molecular weight is 312 g/mol. The number of benzene rings is 1. The third-order valence-electron chi connectivity index (χ3n) is 2.75. The van der Waals surface area contributed by atoms with Gasteiger partial charge in [-0.25, -0.2) is 9.37 Å². The van der Waals surface area contributed by atoms with Crippen molar-refractivity contribution in [1.29, 1.82) is 5.26 Å². The molecular weight excluding hydrogens is 299 g/mol. The quantitative estimate of drug-likeness (QED) is 0.600. The normalized spacial score (nSPS) is 9.50. The van der Waals surface area contributed by atoms with E-state index in [4.69, 9.17) is 11.0 Å². The van der Waals surface area contributed by atoms with Gasteiger partial charge in [0.25, 0.3) is 0 Å². The molecule has 0 bridgehead atoms. The highest BCUT2D eigenvalue weighted by Crippen LogP contribution is 2.19. The van der Waals surface area contributed by atoms with E-state index in [2.05, 4.69) is 34.7 Å². The van der Waals surface area contributed by atoms with E-state index in [1.54, 1.807) is 6.07 Å². The highest BCUT2D eigenvalue weighted by atomic mass is 32.1. The van der Waals surface area contributed by atoms with E-state index in [0.29, 0.717) is 0 Å². The van der Waals surface area contributed by atoms with Crippen molar-refractivity contribution in [3.63, 3.8) is 0 Å². The fourth-order valence-corrected chi connectivity index (χ4v) is 1.87. The Labute approximate surface area is 132 Å². The number of halogens is 1. The monoisotopic (exact) mass is 312 g/mol. The lowest BCUT2D eigenvalue weighted by atomic mass is 10.2. The third kappa shape index (κ3) is 4.11. The molecule has 0 aliphatic heterocycles.